The second kappa shape index (κ2) is 5.99. The maximum atomic E-state index is 12.2. The summed E-state index contributed by atoms with van der Waals surface area (Å²) >= 11 is 0. The molecule has 2 nitrogen and oxygen atoms in total. The Balaban J connectivity index is 1.87. The van der Waals surface area contributed by atoms with Crippen LogP contribution >= 0.6 is 0 Å². The summed E-state index contributed by atoms with van der Waals surface area (Å²) < 4.78 is 0. The smallest absolute Gasteiger partial charge is 0.140 e. The van der Waals surface area contributed by atoms with Crippen LogP contribution < -0.4 is 0 Å². The molecular formula is C18H28O2. The van der Waals surface area contributed by atoms with Crippen LogP contribution in [0.2, 0.25) is 0 Å². The number of carbonyl (C=O) groups excluding carboxylic acids is 2. The van der Waals surface area contributed by atoms with Gasteiger partial charge in [-0.15, -0.1) is 0 Å². The van der Waals surface area contributed by atoms with E-state index >= 15 is 0 Å². The summed E-state index contributed by atoms with van der Waals surface area (Å²) in [5.41, 5.74) is 0.0628. The molecule has 0 bridgehead atoms. The molecule has 0 radical (unpaired) electrons. The average Bonchev–Trinajstić information content (AvgIpc) is 2.48. The van der Waals surface area contributed by atoms with E-state index in [1.54, 1.807) is 0 Å². The first kappa shape index (κ1) is 14.3. The monoisotopic (exact) mass is 276 g/mol. The SMILES string of the molecule is O=C1CC(=O)CC(C2CCCCC2)(C2CCCCC2)C1. The predicted molar refractivity (Wildman–Crippen MR) is 79.4 cm³/mol. The first-order valence-corrected chi connectivity index (χ1v) is 8.74. The van der Waals surface area contributed by atoms with Crippen LogP contribution in [0.25, 0.3) is 0 Å². The van der Waals surface area contributed by atoms with Crippen molar-refractivity contribution in [3.63, 3.8) is 0 Å². The van der Waals surface area contributed by atoms with Crippen LogP contribution in [-0.4, -0.2) is 11.6 Å². The fraction of sp³-hybridized carbons (Fsp3) is 0.889. The topological polar surface area (TPSA) is 34.1 Å². The first-order valence-electron chi connectivity index (χ1n) is 8.74. The van der Waals surface area contributed by atoms with Gasteiger partial charge in [0.25, 0.3) is 0 Å². The highest BCUT2D eigenvalue weighted by molar-refractivity contribution is 6.02. The highest BCUT2D eigenvalue weighted by Crippen LogP contribution is 2.55. The molecule has 0 heterocycles. The molecule has 3 aliphatic carbocycles. The Morgan fingerprint density at radius 2 is 1.05 bits per heavy atom. The van der Waals surface area contributed by atoms with Gasteiger partial charge in [0, 0.05) is 12.8 Å². The minimum absolute atomic E-state index is 0.0628. The van der Waals surface area contributed by atoms with Crippen LogP contribution in [0, 0.1) is 17.3 Å². The van der Waals surface area contributed by atoms with E-state index in [0.29, 0.717) is 24.7 Å². The third-order valence-electron chi connectivity index (χ3n) is 6.28. The standard InChI is InChI=1S/C18H28O2/c19-16-11-17(20)13-18(12-16,14-7-3-1-4-8-14)15-9-5-2-6-10-15/h14-15H,1-13H2. The van der Waals surface area contributed by atoms with E-state index < -0.39 is 0 Å². The molecule has 0 aromatic rings. The Morgan fingerprint density at radius 1 is 0.650 bits per heavy atom. The quantitative estimate of drug-likeness (QED) is 0.698. The van der Waals surface area contributed by atoms with Crippen LogP contribution in [0.5, 0.6) is 0 Å². The summed E-state index contributed by atoms with van der Waals surface area (Å²) in [4.78, 5) is 24.3. The normalized spacial score (nSPS) is 29.6. The van der Waals surface area contributed by atoms with Crippen molar-refractivity contribution in [2.24, 2.45) is 17.3 Å². The zero-order valence-corrected chi connectivity index (χ0v) is 12.7. The Labute approximate surface area is 122 Å². The fourth-order valence-corrected chi connectivity index (χ4v) is 5.41. The van der Waals surface area contributed by atoms with Crippen LogP contribution in [0.4, 0.5) is 0 Å². The molecule has 0 aromatic carbocycles. The van der Waals surface area contributed by atoms with E-state index in [1.807, 2.05) is 0 Å². The first-order chi connectivity index (χ1) is 9.71. The number of hydrogen-bond donors (Lipinski definition) is 0. The molecule has 0 saturated heterocycles. The Bertz CT molecular complexity index is 337. The van der Waals surface area contributed by atoms with Crippen molar-refractivity contribution in [3.05, 3.63) is 0 Å². The minimum atomic E-state index is 0.0628. The van der Waals surface area contributed by atoms with Gasteiger partial charge in [-0.25, -0.2) is 0 Å². The lowest BCUT2D eigenvalue weighted by atomic mass is 9.53. The summed E-state index contributed by atoms with van der Waals surface area (Å²) in [6.07, 6.45) is 14.6. The highest BCUT2D eigenvalue weighted by atomic mass is 16.1. The number of rotatable bonds is 2. The van der Waals surface area contributed by atoms with Gasteiger partial charge in [0.05, 0.1) is 6.42 Å². The van der Waals surface area contributed by atoms with Crippen molar-refractivity contribution in [2.45, 2.75) is 83.5 Å². The summed E-state index contributed by atoms with van der Waals surface area (Å²) in [5, 5.41) is 0. The Kier molecular flexibility index (Phi) is 4.28. The van der Waals surface area contributed by atoms with Crippen molar-refractivity contribution in [3.8, 4) is 0 Å². The molecule has 3 aliphatic rings. The molecule has 3 saturated carbocycles. The van der Waals surface area contributed by atoms with E-state index in [0.717, 1.165) is 0 Å². The zero-order valence-electron chi connectivity index (χ0n) is 12.7. The van der Waals surface area contributed by atoms with Gasteiger partial charge in [0.15, 0.2) is 0 Å². The van der Waals surface area contributed by atoms with Gasteiger partial charge in [0.1, 0.15) is 11.6 Å². The average molecular weight is 276 g/mol. The van der Waals surface area contributed by atoms with Crippen molar-refractivity contribution in [1.29, 1.82) is 0 Å². The zero-order chi connectivity index (χ0) is 14.0. The molecule has 0 N–H and O–H groups in total. The molecule has 0 aliphatic heterocycles. The second-order valence-electron chi connectivity index (χ2n) is 7.51. The predicted octanol–water partition coefficient (Wildman–Crippen LogP) is 4.46. The van der Waals surface area contributed by atoms with Gasteiger partial charge in [-0.2, -0.15) is 0 Å². The summed E-state index contributed by atoms with van der Waals surface area (Å²) in [6.45, 7) is 0. The molecule has 0 aromatic heterocycles. The third kappa shape index (κ3) is 2.71. The number of carbonyl (C=O) groups is 2. The van der Waals surface area contributed by atoms with E-state index in [-0.39, 0.29) is 23.4 Å². The molecule has 0 spiro atoms. The van der Waals surface area contributed by atoms with Crippen LogP contribution in [0.15, 0.2) is 0 Å². The van der Waals surface area contributed by atoms with Crippen molar-refractivity contribution in [1.82, 2.24) is 0 Å². The van der Waals surface area contributed by atoms with E-state index in [4.69, 9.17) is 0 Å². The Hall–Kier alpha value is -0.660. The minimum Gasteiger partial charge on any atom is -0.299 e. The molecule has 3 fully saturated rings. The largest absolute Gasteiger partial charge is 0.299 e. The number of ketones is 2. The number of Topliss-reactive ketones (excluding diaryl/α,β-unsaturated/α-hetero) is 2. The highest BCUT2D eigenvalue weighted by Gasteiger charge is 2.50. The van der Waals surface area contributed by atoms with Gasteiger partial charge in [-0.3, -0.25) is 9.59 Å². The van der Waals surface area contributed by atoms with Gasteiger partial charge in [0.2, 0.25) is 0 Å². The molecule has 20 heavy (non-hydrogen) atoms. The maximum Gasteiger partial charge on any atom is 0.140 e. The van der Waals surface area contributed by atoms with Gasteiger partial charge < -0.3 is 0 Å². The fourth-order valence-electron chi connectivity index (χ4n) is 5.41. The van der Waals surface area contributed by atoms with Gasteiger partial charge >= 0.3 is 0 Å². The number of hydrogen-bond acceptors (Lipinski definition) is 2. The van der Waals surface area contributed by atoms with Crippen molar-refractivity contribution >= 4 is 11.6 Å². The second-order valence-corrected chi connectivity index (χ2v) is 7.51. The van der Waals surface area contributed by atoms with E-state index in [1.165, 1.54) is 64.2 Å². The molecule has 0 atom stereocenters. The lowest BCUT2D eigenvalue weighted by Gasteiger charge is -2.50. The third-order valence-corrected chi connectivity index (χ3v) is 6.28. The Morgan fingerprint density at radius 3 is 1.45 bits per heavy atom. The molecule has 112 valence electrons. The maximum absolute atomic E-state index is 12.2. The van der Waals surface area contributed by atoms with Gasteiger partial charge in [-0.1, -0.05) is 38.5 Å². The van der Waals surface area contributed by atoms with E-state index in [2.05, 4.69) is 0 Å². The molecule has 0 amide bonds. The molecule has 3 rings (SSSR count). The molecular weight excluding hydrogens is 248 g/mol. The van der Waals surface area contributed by atoms with Crippen LogP contribution in [0.1, 0.15) is 83.5 Å². The van der Waals surface area contributed by atoms with Gasteiger partial charge in [-0.05, 0) is 42.9 Å². The lowest BCUT2D eigenvalue weighted by Crippen LogP contribution is -2.46. The van der Waals surface area contributed by atoms with Crippen molar-refractivity contribution < 1.29 is 9.59 Å². The van der Waals surface area contributed by atoms with E-state index in [9.17, 15) is 9.59 Å². The summed E-state index contributed by atoms with van der Waals surface area (Å²) in [5.74, 6) is 1.76. The van der Waals surface area contributed by atoms with Crippen LogP contribution in [0.3, 0.4) is 0 Å². The van der Waals surface area contributed by atoms with Crippen molar-refractivity contribution in [2.75, 3.05) is 0 Å². The summed E-state index contributed by atoms with van der Waals surface area (Å²) in [6, 6.07) is 0. The lowest BCUT2D eigenvalue weighted by molar-refractivity contribution is -0.140. The molecule has 0 unspecified atom stereocenters. The van der Waals surface area contributed by atoms with Crippen LogP contribution in [-0.2, 0) is 9.59 Å². The molecule has 2 heteroatoms. The summed E-state index contributed by atoms with van der Waals surface area (Å²) in [7, 11) is 0.